The summed E-state index contributed by atoms with van der Waals surface area (Å²) in [5.74, 6) is 0. The summed E-state index contributed by atoms with van der Waals surface area (Å²) in [7, 11) is 0. The molecule has 0 atom stereocenters. The summed E-state index contributed by atoms with van der Waals surface area (Å²) in [5, 5.41) is 9.31. The molecule has 6 heteroatoms. The normalized spacial score (nSPS) is 13.5. The fraction of sp³-hybridized carbons (Fsp3) is 0.200. The highest BCUT2D eigenvalue weighted by molar-refractivity contribution is 6.36. The van der Waals surface area contributed by atoms with Crippen LogP contribution in [0.4, 0.5) is 5.69 Å². The number of aryl methyl sites for hydroxylation is 1. The van der Waals surface area contributed by atoms with Crippen molar-refractivity contribution in [2.45, 2.75) is 13.5 Å². The summed E-state index contributed by atoms with van der Waals surface area (Å²) in [4.78, 5) is 4.66. The van der Waals surface area contributed by atoms with Gasteiger partial charge in [-0.2, -0.15) is 5.10 Å². The van der Waals surface area contributed by atoms with E-state index in [0.29, 0.717) is 10.0 Å². The third-order valence-corrected chi connectivity index (χ3v) is 4.20. The second-order valence-electron chi connectivity index (χ2n) is 5.13. The predicted molar refractivity (Wildman–Crippen MR) is 86.2 cm³/mol. The van der Waals surface area contributed by atoms with Crippen molar-refractivity contribution in [1.82, 2.24) is 14.8 Å². The van der Waals surface area contributed by atoms with E-state index < -0.39 is 0 Å². The Hall–Kier alpha value is -1.78. The van der Waals surface area contributed by atoms with Crippen LogP contribution in [0.2, 0.25) is 10.0 Å². The Bertz CT molecular complexity index is 870. The first kappa shape index (κ1) is 12.9. The number of rotatable bonds is 1. The Morgan fingerprint density at radius 2 is 2.10 bits per heavy atom. The van der Waals surface area contributed by atoms with Crippen molar-refractivity contribution < 1.29 is 0 Å². The number of anilines is 1. The molecule has 1 N–H and O–H groups in total. The highest BCUT2D eigenvalue weighted by Gasteiger charge is 2.21. The number of hydrogen-bond donors (Lipinski definition) is 1. The standard InChI is InChI=1S/C15H12Cl2N4/c1-8-6-12-15-14(19-8)13(20-21(15)5-4-18-12)10-3-2-9(16)7-11(10)17/h2-3,6-7,18H,4-5H2,1H3. The number of benzene rings is 1. The molecule has 0 saturated heterocycles. The Kier molecular flexibility index (Phi) is 2.84. The number of hydrogen-bond acceptors (Lipinski definition) is 3. The highest BCUT2D eigenvalue weighted by atomic mass is 35.5. The summed E-state index contributed by atoms with van der Waals surface area (Å²) in [6.45, 7) is 3.66. The molecule has 0 fully saturated rings. The van der Waals surface area contributed by atoms with E-state index >= 15 is 0 Å². The van der Waals surface area contributed by atoms with Crippen LogP contribution < -0.4 is 5.32 Å². The number of halogens is 2. The SMILES string of the molecule is Cc1cc2c3c(n1)c(-c1ccc(Cl)cc1Cl)nn3CCN2. The van der Waals surface area contributed by atoms with Crippen LogP contribution >= 0.6 is 23.2 Å². The Labute approximate surface area is 131 Å². The van der Waals surface area contributed by atoms with Crippen LogP contribution in [0.25, 0.3) is 22.3 Å². The molecule has 0 amide bonds. The van der Waals surface area contributed by atoms with Gasteiger partial charge >= 0.3 is 0 Å². The lowest BCUT2D eigenvalue weighted by Gasteiger charge is -2.16. The van der Waals surface area contributed by atoms with Gasteiger partial charge in [0.05, 0.1) is 17.3 Å². The highest BCUT2D eigenvalue weighted by Crippen LogP contribution is 2.36. The van der Waals surface area contributed by atoms with E-state index in [2.05, 4.69) is 10.3 Å². The van der Waals surface area contributed by atoms with Crippen molar-refractivity contribution >= 4 is 39.9 Å². The number of nitrogens with one attached hydrogen (secondary N) is 1. The molecule has 1 aromatic carbocycles. The summed E-state index contributed by atoms with van der Waals surface area (Å²) >= 11 is 12.3. The van der Waals surface area contributed by atoms with E-state index in [1.54, 1.807) is 6.07 Å². The summed E-state index contributed by atoms with van der Waals surface area (Å²) in [5.41, 5.74) is 5.61. The quantitative estimate of drug-likeness (QED) is 0.733. The molecular weight excluding hydrogens is 307 g/mol. The van der Waals surface area contributed by atoms with Gasteiger partial charge in [-0.1, -0.05) is 23.2 Å². The zero-order chi connectivity index (χ0) is 14.6. The second kappa shape index (κ2) is 4.61. The number of pyridine rings is 1. The molecule has 0 radical (unpaired) electrons. The fourth-order valence-electron chi connectivity index (χ4n) is 2.77. The Morgan fingerprint density at radius 3 is 2.90 bits per heavy atom. The summed E-state index contributed by atoms with van der Waals surface area (Å²) < 4.78 is 1.99. The lowest BCUT2D eigenvalue weighted by atomic mass is 10.1. The fourth-order valence-corrected chi connectivity index (χ4v) is 3.26. The van der Waals surface area contributed by atoms with Gasteiger partial charge in [0, 0.05) is 22.8 Å². The zero-order valence-electron chi connectivity index (χ0n) is 11.3. The van der Waals surface area contributed by atoms with Crippen LogP contribution in [-0.2, 0) is 6.54 Å². The molecule has 3 aromatic rings. The largest absolute Gasteiger partial charge is 0.381 e. The van der Waals surface area contributed by atoms with Gasteiger partial charge in [0.1, 0.15) is 16.7 Å². The average Bonchev–Trinajstić information content (AvgIpc) is 2.79. The lowest BCUT2D eigenvalue weighted by molar-refractivity contribution is 0.650. The van der Waals surface area contributed by atoms with Crippen LogP contribution in [0.15, 0.2) is 24.3 Å². The Morgan fingerprint density at radius 1 is 1.24 bits per heavy atom. The minimum atomic E-state index is 0.589. The summed E-state index contributed by atoms with van der Waals surface area (Å²) in [6, 6.07) is 7.50. The molecule has 1 aliphatic rings. The number of nitrogens with zero attached hydrogens (tertiary/aromatic N) is 3. The van der Waals surface area contributed by atoms with Crippen LogP contribution in [-0.4, -0.2) is 21.3 Å². The van der Waals surface area contributed by atoms with Crippen molar-refractivity contribution in [3.63, 3.8) is 0 Å². The number of aromatic nitrogens is 3. The van der Waals surface area contributed by atoms with Crippen molar-refractivity contribution in [3.8, 4) is 11.3 Å². The third kappa shape index (κ3) is 1.98. The van der Waals surface area contributed by atoms with Crippen molar-refractivity contribution in [2.24, 2.45) is 0 Å². The maximum Gasteiger partial charge on any atom is 0.120 e. The maximum absolute atomic E-state index is 6.33. The van der Waals surface area contributed by atoms with Gasteiger partial charge in [-0.15, -0.1) is 0 Å². The first-order valence-electron chi connectivity index (χ1n) is 6.71. The first-order valence-corrected chi connectivity index (χ1v) is 7.46. The molecule has 0 aliphatic carbocycles. The van der Waals surface area contributed by atoms with E-state index in [1.165, 1.54) is 0 Å². The molecular formula is C15H12Cl2N4. The smallest absolute Gasteiger partial charge is 0.120 e. The molecule has 106 valence electrons. The van der Waals surface area contributed by atoms with Gasteiger partial charge in [0.25, 0.3) is 0 Å². The molecule has 3 heterocycles. The van der Waals surface area contributed by atoms with E-state index in [1.807, 2.05) is 29.8 Å². The van der Waals surface area contributed by atoms with E-state index in [0.717, 1.165) is 46.8 Å². The van der Waals surface area contributed by atoms with Crippen LogP contribution in [0.1, 0.15) is 5.69 Å². The second-order valence-corrected chi connectivity index (χ2v) is 5.97. The van der Waals surface area contributed by atoms with E-state index in [-0.39, 0.29) is 0 Å². The van der Waals surface area contributed by atoms with Gasteiger partial charge in [-0.05, 0) is 31.2 Å². The minimum absolute atomic E-state index is 0.589. The molecule has 21 heavy (non-hydrogen) atoms. The van der Waals surface area contributed by atoms with Gasteiger partial charge in [0.2, 0.25) is 0 Å². The molecule has 2 aromatic heterocycles. The van der Waals surface area contributed by atoms with Crippen LogP contribution in [0.3, 0.4) is 0 Å². The van der Waals surface area contributed by atoms with Crippen LogP contribution in [0, 0.1) is 6.92 Å². The van der Waals surface area contributed by atoms with E-state index in [9.17, 15) is 0 Å². The molecule has 0 saturated carbocycles. The van der Waals surface area contributed by atoms with E-state index in [4.69, 9.17) is 28.3 Å². The van der Waals surface area contributed by atoms with Crippen molar-refractivity contribution in [3.05, 3.63) is 40.0 Å². The summed E-state index contributed by atoms with van der Waals surface area (Å²) in [6.07, 6.45) is 0. The maximum atomic E-state index is 6.33. The predicted octanol–water partition coefficient (Wildman–Crippen LogP) is 4.14. The topological polar surface area (TPSA) is 42.7 Å². The average molecular weight is 319 g/mol. The van der Waals surface area contributed by atoms with Crippen LogP contribution in [0.5, 0.6) is 0 Å². The molecule has 1 aliphatic heterocycles. The van der Waals surface area contributed by atoms with Gasteiger partial charge in [-0.3, -0.25) is 4.68 Å². The minimum Gasteiger partial charge on any atom is -0.381 e. The van der Waals surface area contributed by atoms with Crippen molar-refractivity contribution in [2.75, 3.05) is 11.9 Å². The molecule has 0 unspecified atom stereocenters. The molecule has 4 nitrogen and oxygen atoms in total. The first-order chi connectivity index (χ1) is 10.1. The van der Waals surface area contributed by atoms with Gasteiger partial charge < -0.3 is 5.32 Å². The Balaban J connectivity index is 2.06. The van der Waals surface area contributed by atoms with Gasteiger partial charge in [0.15, 0.2) is 0 Å². The zero-order valence-corrected chi connectivity index (χ0v) is 12.8. The lowest BCUT2D eigenvalue weighted by Crippen LogP contribution is -2.17. The third-order valence-electron chi connectivity index (χ3n) is 3.65. The molecule has 4 rings (SSSR count). The monoisotopic (exact) mass is 318 g/mol. The molecule has 0 bridgehead atoms. The van der Waals surface area contributed by atoms with Crippen molar-refractivity contribution in [1.29, 1.82) is 0 Å². The van der Waals surface area contributed by atoms with Gasteiger partial charge in [-0.25, -0.2) is 4.98 Å². The molecule has 0 spiro atoms.